The number of benzene rings is 2. The van der Waals surface area contributed by atoms with E-state index in [1.165, 1.54) is 0 Å². The predicted octanol–water partition coefficient (Wildman–Crippen LogP) is 5.77. The van der Waals surface area contributed by atoms with Crippen LogP contribution in [0.3, 0.4) is 0 Å². The third kappa shape index (κ3) is 6.46. The van der Waals surface area contributed by atoms with Gasteiger partial charge in [0.1, 0.15) is 0 Å². The monoisotopic (exact) mass is 625 g/mol. The summed E-state index contributed by atoms with van der Waals surface area (Å²) in [7, 11) is -4.65. The zero-order valence-electron chi connectivity index (χ0n) is 20.8. The number of imide groups is 1. The second-order valence-electron chi connectivity index (χ2n) is 8.25. The van der Waals surface area contributed by atoms with E-state index in [1.807, 2.05) is 0 Å². The summed E-state index contributed by atoms with van der Waals surface area (Å²) in [5.74, 6) is -4.90. The van der Waals surface area contributed by atoms with Crippen molar-refractivity contribution in [2.45, 2.75) is 42.9 Å². The second-order valence-corrected chi connectivity index (χ2v) is 10.2. The number of nitrogens with zero attached hydrogens (tertiary/aromatic N) is 1. The molecule has 0 aliphatic heterocycles. The number of carbonyl (C=O) groups is 3. The minimum Gasteiger partial charge on any atom is -0.462 e. The van der Waals surface area contributed by atoms with Crippen molar-refractivity contribution in [2.24, 2.45) is 0 Å². The fourth-order valence-corrected chi connectivity index (χ4v) is 4.43. The van der Waals surface area contributed by atoms with Crippen molar-refractivity contribution >= 4 is 33.3 Å². The van der Waals surface area contributed by atoms with E-state index in [0.717, 1.165) is 6.92 Å². The number of sulfone groups is 1. The van der Waals surface area contributed by atoms with Crippen molar-refractivity contribution in [1.82, 2.24) is 0 Å². The quantitative estimate of drug-likeness (QED) is 0.299. The number of carbonyl (C=O) groups excluding carboxylic acids is 3. The molecule has 2 rings (SSSR count). The van der Waals surface area contributed by atoms with Crippen LogP contribution in [0.4, 0.5) is 49.6 Å². The third-order valence-electron chi connectivity index (χ3n) is 5.37. The van der Waals surface area contributed by atoms with E-state index in [4.69, 9.17) is 0 Å². The van der Waals surface area contributed by atoms with Gasteiger partial charge in [-0.25, -0.2) is 22.5 Å². The minimum absolute atomic E-state index is 0.0559. The lowest BCUT2D eigenvalue weighted by atomic mass is 9.91. The molecule has 2 aromatic carbocycles. The Morgan fingerprint density at radius 3 is 1.73 bits per heavy atom. The Morgan fingerprint density at radius 2 is 1.32 bits per heavy atom. The van der Waals surface area contributed by atoms with Crippen molar-refractivity contribution in [3.63, 3.8) is 0 Å². The molecule has 0 saturated heterocycles. The summed E-state index contributed by atoms with van der Waals surface area (Å²) >= 11 is 0. The fraction of sp³-hybridized carbons (Fsp3) is 0.348. The molecule has 18 heteroatoms. The Bertz CT molecular complexity index is 1470. The first-order chi connectivity index (χ1) is 18.4. The van der Waals surface area contributed by atoms with E-state index in [2.05, 4.69) is 4.74 Å². The average molecular weight is 625 g/mol. The molecule has 7 nitrogen and oxygen atoms in total. The van der Waals surface area contributed by atoms with Gasteiger partial charge in [0.05, 0.1) is 33.9 Å². The Balaban J connectivity index is 2.93. The van der Waals surface area contributed by atoms with Crippen LogP contribution in [0.1, 0.15) is 45.7 Å². The van der Waals surface area contributed by atoms with Crippen LogP contribution in [0, 0.1) is 0 Å². The number of amides is 2. The number of anilines is 1. The van der Waals surface area contributed by atoms with Crippen LogP contribution in [0.5, 0.6) is 0 Å². The summed E-state index contributed by atoms with van der Waals surface area (Å²) in [6.07, 6.45) is -17.9. The van der Waals surface area contributed by atoms with Gasteiger partial charge in [-0.05, 0) is 37.3 Å². The predicted molar refractivity (Wildman–Crippen MR) is 119 cm³/mol. The summed E-state index contributed by atoms with van der Waals surface area (Å²) in [5.41, 5.74) is -13.3. The molecule has 41 heavy (non-hydrogen) atoms. The zero-order valence-corrected chi connectivity index (χ0v) is 21.6. The summed E-state index contributed by atoms with van der Waals surface area (Å²) < 4.78 is 163. The highest BCUT2D eigenvalue weighted by Gasteiger charge is 2.73. The first kappa shape index (κ1) is 33.5. The van der Waals surface area contributed by atoms with Crippen LogP contribution in [0.25, 0.3) is 0 Å². The number of ether oxygens (including phenoxy) is 1. The molecule has 0 bridgehead atoms. The Hall–Kier alpha value is -3.70. The molecule has 0 aliphatic rings. The van der Waals surface area contributed by atoms with Crippen molar-refractivity contribution in [3.8, 4) is 0 Å². The molecule has 0 unspecified atom stereocenters. The fourth-order valence-electron chi connectivity index (χ4n) is 3.53. The van der Waals surface area contributed by atoms with Gasteiger partial charge in [0.2, 0.25) is 5.91 Å². The van der Waals surface area contributed by atoms with Crippen molar-refractivity contribution < 1.29 is 71.4 Å². The highest BCUT2D eigenvalue weighted by molar-refractivity contribution is 7.90. The van der Waals surface area contributed by atoms with Gasteiger partial charge in [0, 0.05) is 18.7 Å². The number of alkyl halides is 10. The maximum Gasteiger partial charge on any atom is 0.435 e. The number of esters is 1. The van der Waals surface area contributed by atoms with E-state index in [-0.39, 0.29) is 35.2 Å². The molecule has 0 aromatic heterocycles. The van der Waals surface area contributed by atoms with Gasteiger partial charge in [-0.3, -0.25) is 9.59 Å². The van der Waals surface area contributed by atoms with E-state index >= 15 is 0 Å². The van der Waals surface area contributed by atoms with Crippen molar-refractivity contribution in [3.05, 3.63) is 58.7 Å². The molecule has 0 atom stereocenters. The lowest BCUT2D eigenvalue weighted by Gasteiger charge is -2.31. The summed E-state index contributed by atoms with van der Waals surface area (Å²) in [6.45, 7) is 1.20. The second kappa shape index (κ2) is 10.9. The lowest BCUT2D eigenvalue weighted by molar-refractivity contribution is -0.348. The van der Waals surface area contributed by atoms with Gasteiger partial charge in [0.25, 0.3) is 5.91 Å². The van der Waals surface area contributed by atoms with Crippen LogP contribution in [0.2, 0.25) is 0 Å². The number of hydrogen-bond donors (Lipinski definition) is 0. The van der Waals surface area contributed by atoms with Gasteiger partial charge < -0.3 is 4.74 Å². The number of hydrogen-bond acceptors (Lipinski definition) is 6. The maximum atomic E-state index is 14.7. The van der Waals surface area contributed by atoms with Gasteiger partial charge in [-0.2, -0.15) is 39.5 Å². The number of rotatable bonds is 6. The third-order valence-corrected chi connectivity index (χ3v) is 6.51. The molecular formula is C23H17F10NO6S. The topological polar surface area (TPSA) is 97.8 Å². The highest BCUT2D eigenvalue weighted by atomic mass is 32.2. The first-order valence-electron chi connectivity index (χ1n) is 10.8. The van der Waals surface area contributed by atoms with Crippen LogP contribution in [0.15, 0.2) is 41.3 Å². The van der Waals surface area contributed by atoms with Crippen LogP contribution in [-0.2, 0) is 31.2 Å². The van der Waals surface area contributed by atoms with Gasteiger partial charge in [0.15, 0.2) is 9.84 Å². The van der Waals surface area contributed by atoms with E-state index in [1.54, 1.807) is 0 Å². The molecule has 0 radical (unpaired) electrons. The minimum atomic E-state index is -6.61. The summed E-state index contributed by atoms with van der Waals surface area (Å²) in [6, 6.07) is 0.445. The SMILES string of the molecule is CCOC(=O)c1cc(C(F)(C(F)(F)F)C(F)(F)F)ccc1N(C(C)=O)C(=O)c1ccc(C(F)(F)F)cc1S(C)(=O)=O. The Morgan fingerprint density at radius 1 is 0.805 bits per heavy atom. The molecule has 0 aliphatic carbocycles. The lowest BCUT2D eigenvalue weighted by Crippen LogP contribution is -2.50. The molecule has 0 saturated carbocycles. The molecule has 2 aromatic rings. The normalized spacial score (nSPS) is 13.1. The molecule has 0 N–H and O–H groups in total. The Kier molecular flexibility index (Phi) is 8.94. The number of halogens is 10. The smallest absolute Gasteiger partial charge is 0.435 e. The highest BCUT2D eigenvalue weighted by Crippen LogP contribution is 2.53. The van der Waals surface area contributed by atoms with Crippen LogP contribution in [-0.4, -0.2) is 51.4 Å². The molecule has 2 amide bonds. The molecule has 0 spiro atoms. The summed E-state index contributed by atoms with van der Waals surface area (Å²) in [5, 5.41) is 0. The molecular weight excluding hydrogens is 608 g/mol. The maximum absolute atomic E-state index is 14.7. The standard InChI is InChI=1S/C23H17F10NO6S/c1-4-40-19(37)15-9-12(20(24,22(28,29)30)23(31,32)33)6-8-16(15)34(11(2)35)18(36)14-7-5-13(21(25,26)27)10-17(14)41(3,38)39/h5-10H,4H2,1-3H3. The van der Waals surface area contributed by atoms with Crippen LogP contribution >= 0.6 is 0 Å². The zero-order chi connectivity index (χ0) is 31.9. The van der Waals surface area contributed by atoms with Crippen molar-refractivity contribution in [1.29, 1.82) is 0 Å². The molecule has 0 fully saturated rings. The average Bonchev–Trinajstić information content (AvgIpc) is 2.80. The summed E-state index contributed by atoms with van der Waals surface area (Å²) in [4.78, 5) is 37.0. The van der Waals surface area contributed by atoms with Gasteiger partial charge in [-0.15, -0.1) is 0 Å². The largest absolute Gasteiger partial charge is 0.462 e. The van der Waals surface area contributed by atoms with E-state index < -0.39 is 91.3 Å². The van der Waals surface area contributed by atoms with Crippen molar-refractivity contribution in [2.75, 3.05) is 17.8 Å². The van der Waals surface area contributed by atoms with Gasteiger partial charge >= 0.3 is 30.2 Å². The molecule has 226 valence electrons. The van der Waals surface area contributed by atoms with E-state index in [9.17, 15) is 66.7 Å². The van der Waals surface area contributed by atoms with Crippen LogP contribution < -0.4 is 4.90 Å². The Labute approximate surface area is 224 Å². The van der Waals surface area contributed by atoms with Gasteiger partial charge in [-0.1, -0.05) is 6.07 Å². The molecule has 0 heterocycles. The first-order valence-corrected chi connectivity index (χ1v) is 12.7. The van der Waals surface area contributed by atoms with E-state index in [0.29, 0.717) is 19.2 Å².